The molecule has 1 nitrogen and oxygen atoms in total. The van der Waals surface area contributed by atoms with E-state index in [2.05, 4.69) is 12.2 Å². The van der Waals surface area contributed by atoms with E-state index in [9.17, 15) is 4.39 Å². The lowest BCUT2D eigenvalue weighted by Crippen LogP contribution is -2.20. The summed E-state index contributed by atoms with van der Waals surface area (Å²) >= 11 is 5.77. The van der Waals surface area contributed by atoms with E-state index in [1.165, 1.54) is 31.7 Å². The number of rotatable bonds is 6. The van der Waals surface area contributed by atoms with Crippen molar-refractivity contribution in [3.05, 3.63) is 34.6 Å². The van der Waals surface area contributed by atoms with Crippen molar-refractivity contribution in [1.29, 1.82) is 0 Å². The maximum absolute atomic E-state index is 13.0. The monoisotopic (exact) mass is 255 g/mol. The van der Waals surface area contributed by atoms with Crippen molar-refractivity contribution < 1.29 is 4.39 Å². The van der Waals surface area contributed by atoms with E-state index in [0.29, 0.717) is 0 Å². The quantitative estimate of drug-likeness (QED) is 0.747. The first-order valence-corrected chi connectivity index (χ1v) is 6.73. The predicted molar refractivity (Wildman–Crippen MR) is 69.8 cm³/mol. The predicted octanol–water partition coefficient (Wildman–Crippen LogP) is 4.32. The Morgan fingerprint density at radius 1 is 1.47 bits per heavy atom. The summed E-state index contributed by atoms with van der Waals surface area (Å²) in [6.45, 7) is 3.10. The smallest absolute Gasteiger partial charge is 0.141 e. The molecule has 0 aromatic heterocycles. The van der Waals surface area contributed by atoms with Gasteiger partial charge in [-0.3, -0.25) is 0 Å². The van der Waals surface area contributed by atoms with Crippen molar-refractivity contribution in [2.75, 3.05) is 6.54 Å². The van der Waals surface area contributed by atoms with E-state index in [4.69, 9.17) is 11.6 Å². The molecule has 1 aliphatic carbocycles. The van der Waals surface area contributed by atoms with Gasteiger partial charge in [0.2, 0.25) is 0 Å². The highest BCUT2D eigenvalue weighted by molar-refractivity contribution is 6.30. The van der Waals surface area contributed by atoms with Crippen LogP contribution in [0.3, 0.4) is 0 Å². The van der Waals surface area contributed by atoms with Gasteiger partial charge in [-0.1, -0.05) is 30.5 Å². The van der Waals surface area contributed by atoms with Gasteiger partial charge >= 0.3 is 0 Å². The third-order valence-corrected chi connectivity index (χ3v) is 3.67. The number of hydrogen-bond acceptors (Lipinski definition) is 1. The summed E-state index contributed by atoms with van der Waals surface area (Å²) in [7, 11) is 0. The molecule has 1 atom stereocenters. The van der Waals surface area contributed by atoms with Crippen LogP contribution in [0.1, 0.15) is 44.2 Å². The van der Waals surface area contributed by atoms with Crippen LogP contribution in [0, 0.1) is 11.7 Å². The zero-order valence-corrected chi connectivity index (χ0v) is 10.9. The standard InChI is InChI=1S/C14H19ClFN/c1-10(17-8-2-3-11-4-5-11)12-6-7-14(16)13(15)9-12/h6-7,9-11,17H,2-5,8H2,1H3. The SMILES string of the molecule is CC(NCCCC1CC1)c1ccc(F)c(Cl)c1. The Bertz CT molecular complexity index is 376. The van der Waals surface area contributed by atoms with Crippen LogP contribution in [0.2, 0.25) is 5.02 Å². The third-order valence-electron chi connectivity index (χ3n) is 3.38. The van der Waals surface area contributed by atoms with Gasteiger partial charge in [0.1, 0.15) is 5.82 Å². The molecule has 1 aromatic carbocycles. The van der Waals surface area contributed by atoms with Crippen LogP contribution in [0.5, 0.6) is 0 Å². The molecule has 17 heavy (non-hydrogen) atoms. The molecule has 1 N–H and O–H groups in total. The Balaban J connectivity index is 1.76. The van der Waals surface area contributed by atoms with E-state index in [-0.39, 0.29) is 16.9 Å². The second-order valence-electron chi connectivity index (χ2n) is 4.93. The van der Waals surface area contributed by atoms with Gasteiger partial charge in [-0.2, -0.15) is 0 Å². The summed E-state index contributed by atoms with van der Waals surface area (Å²) in [6.07, 6.45) is 5.40. The van der Waals surface area contributed by atoms with Crippen molar-refractivity contribution in [2.45, 2.75) is 38.6 Å². The first-order valence-electron chi connectivity index (χ1n) is 6.35. The first kappa shape index (κ1) is 12.8. The largest absolute Gasteiger partial charge is 0.310 e. The minimum absolute atomic E-state index is 0.203. The van der Waals surface area contributed by atoms with E-state index < -0.39 is 0 Å². The van der Waals surface area contributed by atoms with Gasteiger partial charge in [0.05, 0.1) is 5.02 Å². The average molecular weight is 256 g/mol. The summed E-state index contributed by atoms with van der Waals surface area (Å²) in [6, 6.07) is 5.15. The maximum atomic E-state index is 13.0. The minimum atomic E-state index is -0.351. The molecule has 1 unspecified atom stereocenters. The first-order chi connectivity index (χ1) is 8.16. The summed E-state index contributed by atoms with van der Waals surface area (Å²) in [4.78, 5) is 0. The van der Waals surface area contributed by atoms with Gasteiger partial charge in [0.25, 0.3) is 0 Å². The van der Waals surface area contributed by atoms with Crippen molar-refractivity contribution >= 4 is 11.6 Å². The molecule has 0 aliphatic heterocycles. The van der Waals surface area contributed by atoms with Crippen molar-refractivity contribution in [2.24, 2.45) is 5.92 Å². The summed E-state index contributed by atoms with van der Waals surface area (Å²) in [5.74, 6) is 0.642. The van der Waals surface area contributed by atoms with Gasteiger partial charge in [0, 0.05) is 6.04 Å². The van der Waals surface area contributed by atoms with Gasteiger partial charge in [-0.15, -0.1) is 0 Å². The van der Waals surface area contributed by atoms with E-state index in [1.807, 2.05) is 0 Å². The van der Waals surface area contributed by atoms with Crippen LogP contribution in [0.4, 0.5) is 4.39 Å². The molecule has 1 fully saturated rings. The van der Waals surface area contributed by atoms with E-state index in [1.54, 1.807) is 12.1 Å². The summed E-state index contributed by atoms with van der Waals surface area (Å²) < 4.78 is 13.0. The van der Waals surface area contributed by atoms with Crippen LogP contribution in [0.15, 0.2) is 18.2 Å². The fourth-order valence-corrected chi connectivity index (χ4v) is 2.20. The highest BCUT2D eigenvalue weighted by Gasteiger charge is 2.20. The second kappa shape index (κ2) is 5.83. The molecule has 1 saturated carbocycles. The Kier molecular flexibility index (Phi) is 4.41. The van der Waals surface area contributed by atoms with Crippen LogP contribution in [-0.2, 0) is 0 Å². The Morgan fingerprint density at radius 2 is 2.24 bits per heavy atom. The Morgan fingerprint density at radius 3 is 2.88 bits per heavy atom. The number of benzene rings is 1. The minimum Gasteiger partial charge on any atom is -0.310 e. The van der Waals surface area contributed by atoms with Crippen LogP contribution < -0.4 is 5.32 Å². The van der Waals surface area contributed by atoms with Gasteiger partial charge in [-0.05, 0) is 49.9 Å². The molecule has 0 bridgehead atoms. The zero-order valence-electron chi connectivity index (χ0n) is 10.2. The summed E-state index contributed by atoms with van der Waals surface area (Å²) in [5, 5.41) is 3.65. The molecule has 0 spiro atoms. The second-order valence-corrected chi connectivity index (χ2v) is 5.34. The number of nitrogens with one attached hydrogen (secondary N) is 1. The molecule has 0 heterocycles. The zero-order chi connectivity index (χ0) is 12.3. The normalized spacial score (nSPS) is 17.1. The molecule has 0 radical (unpaired) electrons. The molecule has 3 heteroatoms. The lowest BCUT2D eigenvalue weighted by molar-refractivity contribution is 0.532. The third kappa shape index (κ3) is 3.97. The van der Waals surface area contributed by atoms with Gasteiger partial charge in [0.15, 0.2) is 0 Å². The molecule has 1 aliphatic rings. The molecular formula is C14H19ClFN. The van der Waals surface area contributed by atoms with E-state index >= 15 is 0 Å². The Labute approximate surface area is 107 Å². The fourth-order valence-electron chi connectivity index (χ4n) is 2.02. The summed E-state index contributed by atoms with van der Waals surface area (Å²) in [5.41, 5.74) is 1.04. The highest BCUT2D eigenvalue weighted by atomic mass is 35.5. The van der Waals surface area contributed by atoms with E-state index in [0.717, 1.165) is 18.0 Å². The fraction of sp³-hybridized carbons (Fsp3) is 0.571. The molecule has 0 saturated heterocycles. The highest BCUT2D eigenvalue weighted by Crippen LogP contribution is 2.33. The average Bonchev–Trinajstić information content (AvgIpc) is 3.12. The Hall–Kier alpha value is -0.600. The lowest BCUT2D eigenvalue weighted by Gasteiger charge is -2.14. The van der Waals surface area contributed by atoms with Crippen molar-refractivity contribution in [1.82, 2.24) is 5.32 Å². The maximum Gasteiger partial charge on any atom is 0.141 e. The molecule has 1 aromatic rings. The molecular weight excluding hydrogens is 237 g/mol. The van der Waals surface area contributed by atoms with Crippen LogP contribution in [0.25, 0.3) is 0 Å². The molecule has 2 rings (SSSR count). The van der Waals surface area contributed by atoms with Crippen LogP contribution in [-0.4, -0.2) is 6.54 Å². The number of halogens is 2. The molecule has 94 valence electrons. The lowest BCUT2D eigenvalue weighted by atomic mass is 10.1. The number of hydrogen-bond donors (Lipinski definition) is 1. The van der Waals surface area contributed by atoms with Crippen LogP contribution >= 0.6 is 11.6 Å². The van der Waals surface area contributed by atoms with Gasteiger partial charge < -0.3 is 5.32 Å². The topological polar surface area (TPSA) is 12.0 Å². The van der Waals surface area contributed by atoms with Crippen molar-refractivity contribution in [3.8, 4) is 0 Å². The molecule has 0 amide bonds. The van der Waals surface area contributed by atoms with Gasteiger partial charge in [-0.25, -0.2) is 4.39 Å². The van der Waals surface area contributed by atoms with Crippen molar-refractivity contribution in [3.63, 3.8) is 0 Å².